The van der Waals surface area contributed by atoms with Crippen LogP contribution in [0.25, 0.3) is 33.4 Å². The number of aromatic amines is 1. The van der Waals surface area contributed by atoms with Crippen molar-refractivity contribution in [3.8, 4) is 28.4 Å². The number of H-pyrrole nitrogens is 1. The summed E-state index contributed by atoms with van der Waals surface area (Å²) in [6.07, 6.45) is 6.59. The molecule has 0 aliphatic rings. The second-order valence-electron chi connectivity index (χ2n) is 7.61. The van der Waals surface area contributed by atoms with Crippen molar-refractivity contribution in [2.24, 2.45) is 7.05 Å². The Morgan fingerprint density at radius 1 is 1.06 bits per heavy atom. The Morgan fingerprint density at radius 3 is 2.66 bits per heavy atom. The molecular weight excluding hydrogens is 424 g/mol. The summed E-state index contributed by atoms with van der Waals surface area (Å²) >= 11 is 6.46. The Labute approximate surface area is 189 Å². The fourth-order valence-corrected chi connectivity index (χ4v) is 4.00. The highest BCUT2D eigenvalue weighted by atomic mass is 35.5. The van der Waals surface area contributed by atoms with Crippen molar-refractivity contribution in [1.82, 2.24) is 24.7 Å². The van der Waals surface area contributed by atoms with Crippen molar-refractivity contribution in [3.63, 3.8) is 0 Å². The SMILES string of the molecule is Cn1ccc(CCNc2nc(-c3ccccc3)c(-c3cc(Cl)c4[nH]ncc4c3)nc2O)c1. The zero-order valence-corrected chi connectivity index (χ0v) is 18.1. The van der Waals surface area contributed by atoms with E-state index in [4.69, 9.17) is 16.6 Å². The zero-order valence-electron chi connectivity index (χ0n) is 17.4. The monoisotopic (exact) mass is 444 g/mol. The van der Waals surface area contributed by atoms with Gasteiger partial charge in [0.1, 0.15) is 5.69 Å². The molecule has 0 atom stereocenters. The van der Waals surface area contributed by atoms with E-state index >= 15 is 0 Å². The summed E-state index contributed by atoms with van der Waals surface area (Å²) in [4.78, 5) is 9.28. The maximum absolute atomic E-state index is 10.7. The van der Waals surface area contributed by atoms with Gasteiger partial charge in [0, 0.05) is 42.5 Å². The molecule has 0 saturated carbocycles. The van der Waals surface area contributed by atoms with Crippen LogP contribution in [0.1, 0.15) is 5.56 Å². The summed E-state index contributed by atoms with van der Waals surface area (Å²) in [6, 6.07) is 15.6. The quantitative estimate of drug-likeness (QED) is 0.341. The largest absolute Gasteiger partial charge is 0.491 e. The molecule has 0 saturated heterocycles. The molecule has 7 nitrogen and oxygen atoms in total. The Bertz CT molecular complexity index is 1390. The fraction of sp³-hybridized carbons (Fsp3) is 0.125. The standard InChI is InChI=1S/C24H21ClN6O/c1-31-10-8-15(14-31)7-9-26-23-24(32)29-22(21(28-23)16-5-3-2-4-6-16)17-11-18-13-27-30-20(18)19(25)12-17/h2-6,8,10-14H,7,9H2,1H3,(H,26,28)(H,27,30)(H,29,32). The van der Waals surface area contributed by atoms with Crippen LogP contribution in [-0.2, 0) is 13.5 Å². The van der Waals surface area contributed by atoms with Crippen molar-refractivity contribution in [1.29, 1.82) is 0 Å². The molecule has 2 aromatic carbocycles. The van der Waals surface area contributed by atoms with E-state index in [-0.39, 0.29) is 5.88 Å². The van der Waals surface area contributed by atoms with Gasteiger partial charge in [0.25, 0.3) is 5.88 Å². The van der Waals surface area contributed by atoms with Crippen LogP contribution < -0.4 is 5.32 Å². The lowest BCUT2D eigenvalue weighted by atomic mass is 10.0. The van der Waals surface area contributed by atoms with E-state index in [9.17, 15) is 5.11 Å². The molecule has 32 heavy (non-hydrogen) atoms. The number of aromatic hydroxyl groups is 1. The molecule has 3 heterocycles. The van der Waals surface area contributed by atoms with Gasteiger partial charge in [-0.05, 0) is 30.2 Å². The molecule has 3 N–H and O–H groups in total. The van der Waals surface area contributed by atoms with Gasteiger partial charge >= 0.3 is 0 Å². The zero-order chi connectivity index (χ0) is 22.1. The Morgan fingerprint density at radius 2 is 1.88 bits per heavy atom. The maximum atomic E-state index is 10.7. The molecule has 0 amide bonds. The highest BCUT2D eigenvalue weighted by Gasteiger charge is 2.18. The van der Waals surface area contributed by atoms with Crippen LogP contribution in [0.2, 0.25) is 5.02 Å². The van der Waals surface area contributed by atoms with Crippen LogP contribution in [0.15, 0.2) is 67.1 Å². The molecule has 0 bridgehead atoms. The van der Waals surface area contributed by atoms with Gasteiger partial charge < -0.3 is 15.0 Å². The summed E-state index contributed by atoms with van der Waals surface area (Å²) < 4.78 is 2.01. The lowest BCUT2D eigenvalue weighted by Gasteiger charge is -2.14. The number of anilines is 1. The van der Waals surface area contributed by atoms with Gasteiger partial charge in [-0.15, -0.1) is 0 Å². The number of hydrogen-bond donors (Lipinski definition) is 3. The predicted molar refractivity (Wildman–Crippen MR) is 127 cm³/mol. The number of aryl methyl sites for hydroxylation is 1. The van der Waals surface area contributed by atoms with E-state index in [1.54, 1.807) is 12.3 Å². The van der Waals surface area contributed by atoms with Crippen molar-refractivity contribution in [3.05, 3.63) is 77.7 Å². The number of aromatic nitrogens is 5. The third kappa shape index (κ3) is 3.90. The average Bonchev–Trinajstić information content (AvgIpc) is 3.44. The highest BCUT2D eigenvalue weighted by molar-refractivity contribution is 6.35. The van der Waals surface area contributed by atoms with Crippen LogP contribution in [-0.4, -0.2) is 36.4 Å². The first-order valence-electron chi connectivity index (χ1n) is 10.2. The average molecular weight is 445 g/mol. The van der Waals surface area contributed by atoms with Gasteiger partial charge in [-0.1, -0.05) is 41.9 Å². The number of nitrogens with one attached hydrogen (secondary N) is 2. The number of halogens is 1. The third-order valence-electron chi connectivity index (χ3n) is 5.30. The number of benzene rings is 2. The van der Waals surface area contributed by atoms with E-state index in [1.807, 2.05) is 54.2 Å². The van der Waals surface area contributed by atoms with Crippen LogP contribution in [0.3, 0.4) is 0 Å². The molecular formula is C24H21ClN6O. The molecule has 160 valence electrons. The van der Waals surface area contributed by atoms with E-state index in [0.29, 0.717) is 28.8 Å². The second-order valence-corrected chi connectivity index (χ2v) is 8.02. The van der Waals surface area contributed by atoms with Crippen LogP contribution in [0, 0.1) is 0 Å². The van der Waals surface area contributed by atoms with Gasteiger partial charge in [-0.25, -0.2) is 9.97 Å². The van der Waals surface area contributed by atoms with Crippen LogP contribution >= 0.6 is 11.6 Å². The van der Waals surface area contributed by atoms with E-state index in [1.165, 1.54) is 5.56 Å². The fourth-order valence-electron chi connectivity index (χ4n) is 3.73. The summed E-state index contributed by atoms with van der Waals surface area (Å²) in [5.74, 6) is 0.190. The van der Waals surface area contributed by atoms with E-state index in [0.717, 1.165) is 28.5 Å². The topological polar surface area (TPSA) is 91.7 Å². The minimum Gasteiger partial charge on any atom is -0.491 e. The van der Waals surface area contributed by atoms with E-state index < -0.39 is 0 Å². The molecule has 0 spiro atoms. The molecule has 5 rings (SSSR count). The lowest BCUT2D eigenvalue weighted by Crippen LogP contribution is -2.08. The summed E-state index contributed by atoms with van der Waals surface area (Å²) in [5.41, 5.74) is 4.81. The van der Waals surface area contributed by atoms with Crippen LogP contribution in [0.4, 0.5) is 5.82 Å². The molecule has 0 fully saturated rings. The van der Waals surface area contributed by atoms with Gasteiger partial charge in [0.2, 0.25) is 0 Å². The minimum atomic E-state index is -0.156. The first kappa shape index (κ1) is 20.1. The van der Waals surface area contributed by atoms with Gasteiger partial charge in [0.05, 0.1) is 22.4 Å². The smallest absolute Gasteiger partial charge is 0.255 e. The number of fused-ring (bicyclic) bond motifs is 1. The van der Waals surface area contributed by atoms with E-state index in [2.05, 4.69) is 32.8 Å². The summed E-state index contributed by atoms with van der Waals surface area (Å²) in [6.45, 7) is 0.618. The number of nitrogens with zero attached hydrogens (tertiary/aromatic N) is 4. The molecule has 8 heteroatoms. The molecule has 3 aromatic heterocycles. The number of rotatable bonds is 6. The van der Waals surface area contributed by atoms with Gasteiger partial charge in [-0.2, -0.15) is 5.10 Å². The number of hydrogen-bond acceptors (Lipinski definition) is 5. The Kier molecular flexibility index (Phi) is 5.25. The van der Waals surface area contributed by atoms with Crippen molar-refractivity contribution in [2.75, 3.05) is 11.9 Å². The Balaban J connectivity index is 1.54. The van der Waals surface area contributed by atoms with Crippen molar-refractivity contribution < 1.29 is 5.11 Å². The maximum Gasteiger partial charge on any atom is 0.255 e. The summed E-state index contributed by atoms with van der Waals surface area (Å²) in [5, 5.41) is 22.2. The lowest BCUT2D eigenvalue weighted by molar-refractivity contribution is 0.454. The Hall–Kier alpha value is -3.84. The third-order valence-corrected chi connectivity index (χ3v) is 5.60. The minimum absolute atomic E-state index is 0.156. The molecule has 5 aromatic rings. The van der Waals surface area contributed by atoms with Crippen molar-refractivity contribution in [2.45, 2.75) is 6.42 Å². The highest BCUT2D eigenvalue weighted by Crippen LogP contribution is 2.36. The second kappa shape index (κ2) is 8.36. The van der Waals surface area contributed by atoms with Gasteiger partial charge in [0.15, 0.2) is 5.82 Å². The first-order valence-corrected chi connectivity index (χ1v) is 10.6. The molecule has 0 aliphatic heterocycles. The first-order chi connectivity index (χ1) is 15.6. The predicted octanol–water partition coefficient (Wildman–Crippen LogP) is 5.04. The molecule has 0 radical (unpaired) electrons. The molecule has 0 aliphatic carbocycles. The van der Waals surface area contributed by atoms with Gasteiger partial charge in [-0.3, -0.25) is 5.10 Å². The molecule has 0 unspecified atom stereocenters. The normalized spacial score (nSPS) is 11.2. The summed E-state index contributed by atoms with van der Waals surface area (Å²) in [7, 11) is 1.99. The van der Waals surface area contributed by atoms with Crippen LogP contribution in [0.5, 0.6) is 5.88 Å². The van der Waals surface area contributed by atoms with Crippen molar-refractivity contribution >= 4 is 28.3 Å².